The standard InChI is InChI=1S/C14H20N4O4/c1-4-6-7-18-12-11(13(21)17(5-2)14(18)22)16(3)9(15-12)8-10(19)20/h4-8H2,1-3H3,(H,19,20). The third-order valence-electron chi connectivity index (χ3n) is 3.70. The predicted molar refractivity (Wildman–Crippen MR) is 81.2 cm³/mol. The lowest BCUT2D eigenvalue weighted by Gasteiger charge is -2.09. The van der Waals surface area contributed by atoms with Crippen molar-refractivity contribution in [1.82, 2.24) is 18.7 Å². The number of carboxylic acids is 1. The van der Waals surface area contributed by atoms with Crippen molar-refractivity contribution in [3.05, 3.63) is 26.7 Å². The van der Waals surface area contributed by atoms with Crippen molar-refractivity contribution >= 4 is 17.1 Å². The molecule has 0 aliphatic rings. The summed E-state index contributed by atoms with van der Waals surface area (Å²) in [4.78, 5) is 40.1. The topological polar surface area (TPSA) is 99.1 Å². The van der Waals surface area contributed by atoms with E-state index in [-0.39, 0.29) is 30.0 Å². The summed E-state index contributed by atoms with van der Waals surface area (Å²) < 4.78 is 4.10. The summed E-state index contributed by atoms with van der Waals surface area (Å²) >= 11 is 0. The van der Waals surface area contributed by atoms with E-state index in [0.717, 1.165) is 17.4 Å². The van der Waals surface area contributed by atoms with E-state index in [0.29, 0.717) is 6.54 Å². The van der Waals surface area contributed by atoms with Crippen LogP contribution in [-0.4, -0.2) is 29.8 Å². The first kappa shape index (κ1) is 16.0. The van der Waals surface area contributed by atoms with E-state index in [1.54, 1.807) is 14.0 Å². The Kier molecular flexibility index (Phi) is 4.48. The van der Waals surface area contributed by atoms with Crippen molar-refractivity contribution in [2.45, 2.75) is 46.2 Å². The zero-order chi connectivity index (χ0) is 16.4. The third kappa shape index (κ3) is 2.56. The van der Waals surface area contributed by atoms with Gasteiger partial charge in [0.1, 0.15) is 12.2 Å². The van der Waals surface area contributed by atoms with Crippen LogP contribution in [0.4, 0.5) is 0 Å². The average Bonchev–Trinajstić information content (AvgIpc) is 2.76. The van der Waals surface area contributed by atoms with Gasteiger partial charge >= 0.3 is 11.7 Å². The highest BCUT2D eigenvalue weighted by molar-refractivity contribution is 5.74. The summed E-state index contributed by atoms with van der Waals surface area (Å²) in [5, 5.41) is 8.95. The predicted octanol–water partition coefficient (Wildman–Crippen LogP) is 0.344. The Bertz CT molecular complexity index is 828. The fourth-order valence-electron chi connectivity index (χ4n) is 2.50. The van der Waals surface area contributed by atoms with Crippen LogP contribution in [0.25, 0.3) is 11.2 Å². The molecule has 2 heterocycles. The van der Waals surface area contributed by atoms with Crippen LogP contribution < -0.4 is 11.2 Å². The van der Waals surface area contributed by atoms with Gasteiger partial charge in [0, 0.05) is 20.1 Å². The van der Waals surface area contributed by atoms with E-state index < -0.39 is 17.2 Å². The van der Waals surface area contributed by atoms with Crippen LogP contribution in [0.1, 0.15) is 32.5 Å². The summed E-state index contributed by atoms with van der Waals surface area (Å²) in [5.41, 5.74) is -0.281. The molecule has 2 aromatic rings. The van der Waals surface area contributed by atoms with Crippen LogP contribution in [0.3, 0.4) is 0 Å². The molecule has 0 aliphatic heterocycles. The molecule has 120 valence electrons. The van der Waals surface area contributed by atoms with Crippen molar-refractivity contribution in [2.24, 2.45) is 7.05 Å². The second-order valence-corrected chi connectivity index (χ2v) is 5.17. The highest BCUT2D eigenvalue weighted by Gasteiger charge is 2.20. The molecule has 0 unspecified atom stereocenters. The van der Waals surface area contributed by atoms with Gasteiger partial charge in [0.15, 0.2) is 11.2 Å². The minimum atomic E-state index is -1.03. The molecule has 0 aromatic carbocycles. The van der Waals surface area contributed by atoms with E-state index in [1.165, 1.54) is 9.13 Å². The smallest absolute Gasteiger partial charge is 0.332 e. The molecule has 2 rings (SSSR count). The number of aromatic nitrogens is 4. The number of carbonyl (C=O) groups is 1. The lowest BCUT2D eigenvalue weighted by atomic mass is 10.3. The molecule has 1 N–H and O–H groups in total. The van der Waals surface area contributed by atoms with Gasteiger partial charge in [-0.3, -0.25) is 18.7 Å². The number of unbranched alkanes of at least 4 members (excludes halogenated alkanes) is 1. The first-order valence-electron chi connectivity index (χ1n) is 7.33. The van der Waals surface area contributed by atoms with Crippen molar-refractivity contribution in [2.75, 3.05) is 0 Å². The summed E-state index contributed by atoms with van der Waals surface area (Å²) in [6.45, 7) is 4.45. The monoisotopic (exact) mass is 308 g/mol. The maximum atomic E-state index is 12.5. The Labute approximate surface area is 126 Å². The summed E-state index contributed by atoms with van der Waals surface area (Å²) in [5.74, 6) is -0.769. The minimum absolute atomic E-state index is 0.262. The number of aliphatic carboxylic acids is 1. The highest BCUT2D eigenvalue weighted by atomic mass is 16.4. The molecule has 8 nitrogen and oxygen atoms in total. The van der Waals surface area contributed by atoms with Crippen molar-refractivity contribution in [3.8, 4) is 0 Å². The van der Waals surface area contributed by atoms with E-state index >= 15 is 0 Å². The van der Waals surface area contributed by atoms with Gasteiger partial charge < -0.3 is 9.67 Å². The van der Waals surface area contributed by atoms with Crippen molar-refractivity contribution < 1.29 is 9.90 Å². The maximum Gasteiger partial charge on any atom is 0.332 e. The Morgan fingerprint density at radius 2 is 1.91 bits per heavy atom. The van der Waals surface area contributed by atoms with Gasteiger partial charge in [0.25, 0.3) is 5.56 Å². The van der Waals surface area contributed by atoms with Gasteiger partial charge in [-0.15, -0.1) is 0 Å². The molecule has 0 saturated carbocycles. The Balaban J connectivity index is 2.83. The zero-order valence-electron chi connectivity index (χ0n) is 13.0. The van der Waals surface area contributed by atoms with Gasteiger partial charge in [-0.2, -0.15) is 0 Å². The number of hydrogen-bond donors (Lipinski definition) is 1. The van der Waals surface area contributed by atoms with E-state index in [4.69, 9.17) is 5.11 Å². The van der Waals surface area contributed by atoms with Gasteiger partial charge in [-0.1, -0.05) is 13.3 Å². The first-order valence-corrected chi connectivity index (χ1v) is 7.33. The van der Waals surface area contributed by atoms with Crippen LogP contribution in [0.15, 0.2) is 9.59 Å². The quantitative estimate of drug-likeness (QED) is 0.830. The SMILES string of the molecule is CCCCn1c(=O)n(CC)c(=O)c2c1nc(CC(=O)O)n2C. The number of nitrogens with zero attached hydrogens (tertiary/aromatic N) is 4. The number of rotatable bonds is 6. The van der Waals surface area contributed by atoms with Crippen LogP contribution in [0.2, 0.25) is 0 Å². The molecule has 0 atom stereocenters. The number of fused-ring (bicyclic) bond motifs is 1. The second-order valence-electron chi connectivity index (χ2n) is 5.17. The molecule has 22 heavy (non-hydrogen) atoms. The minimum Gasteiger partial charge on any atom is -0.481 e. The summed E-state index contributed by atoms with van der Waals surface area (Å²) in [6, 6.07) is 0. The second kappa shape index (κ2) is 6.17. The molecule has 0 bridgehead atoms. The molecule has 0 aliphatic carbocycles. The van der Waals surface area contributed by atoms with Gasteiger partial charge in [-0.05, 0) is 13.3 Å². The lowest BCUT2D eigenvalue weighted by Crippen LogP contribution is -2.40. The lowest BCUT2D eigenvalue weighted by molar-refractivity contribution is -0.136. The van der Waals surface area contributed by atoms with Gasteiger partial charge in [0.05, 0.1) is 0 Å². The largest absolute Gasteiger partial charge is 0.481 e. The van der Waals surface area contributed by atoms with Gasteiger partial charge in [0.2, 0.25) is 0 Å². The molecule has 0 fully saturated rings. The molecule has 0 amide bonds. The zero-order valence-corrected chi connectivity index (χ0v) is 13.0. The normalized spacial score (nSPS) is 11.2. The van der Waals surface area contributed by atoms with Crippen molar-refractivity contribution in [3.63, 3.8) is 0 Å². The molecule has 8 heteroatoms. The van der Waals surface area contributed by atoms with Gasteiger partial charge in [-0.25, -0.2) is 9.78 Å². The fourth-order valence-corrected chi connectivity index (χ4v) is 2.50. The van der Waals surface area contributed by atoms with E-state index in [1.807, 2.05) is 6.92 Å². The summed E-state index contributed by atoms with van der Waals surface area (Å²) in [6.07, 6.45) is 1.38. The third-order valence-corrected chi connectivity index (χ3v) is 3.70. The van der Waals surface area contributed by atoms with Crippen LogP contribution >= 0.6 is 0 Å². The number of carboxylic acid groups (broad SMARTS) is 1. The Morgan fingerprint density at radius 1 is 1.23 bits per heavy atom. The Morgan fingerprint density at radius 3 is 2.45 bits per heavy atom. The molecule has 0 radical (unpaired) electrons. The number of hydrogen-bond acceptors (Lipinski definition) is 4. The molecular formula is C14H20N4O4. The first-order chi connectivity index (χ1) is 10.4. The van der Waals surface area contributed by atoms with Crippen LogP contribution in [-0.2, 0) is 31.4 Å². The number of aryl methyl sites for hydroxylation is 2. The van der Waals surface area contributed by atoms with Crippen LogP contribution in [0, 0.1) is 0 Å². The summed E-state index contributed by atoms with van der Waals surface area (Å²) in [7, 11) is 1.60. The van der Waals surface area contributed by atoms with E-state index in [2.05, 4.69) is 4.98 Å². The van der Waals surface area contributed by atoms with Crippen molar-refractivity contribution in [1.29, 1.82) is 0 Å². The Hall–Kier alpha value is -2.38. The maximum absolute atomic E-state index is 12.5. The van der Waals surface area contributed by atoms with Crippen LogP contribution in [0.5, 0.6) is 0 Å². The molecule has 0 saturated heterocycles. The average molecular weight is 308 g/mol. The van der Waals surface area contributed by atoms with E-state index in [9.17, 15) is 14.4 Å². The number of imidazole rings is 1. The fraction of sp³-hybridized carbons (Fsp3) is 0.571. The molecule has 0 spiro atoms. The highest BCUT2D eigenvalue weighted by Crippen LogP contribution is 2.11. The molecule has 2 aromatic heterocycles. The molecular weight excluding hydrogens is 288 g/mol.